The molecular weight excluding hydrogens is 296 g/mol. The van der Waals surface area contributed by atoms with Crippen LogP contribution < -0.4 is 0 Å². The fourth-order valence-electron chi connectivity index (χ4n) is 2.35. The van der Waals surface area contributed by atoms with Crippen LogP contribution >= 0.6 is 0 Å². The van der Waals surface area contributed by atoms with Crippen molar-refractivity contribution in [2.75, 3.05) is 0 Å². The normalized spacial score (nSPS) is 10.9. The van der Waals surface area contributed by atoms with Crippen molar-refractivity contribution < 1.29 is 4.92 Å². The summed E-state index contributed by atoms with van der Waals surface area (Å²) in [5.41, 5.74) is 2.96. The Morgan fingerprint density at radius 1 is 1.17 bits per heavy atom. The summed E-state index contributed by atoms with van der Waals surface area (Å²) in [6, 6.07) is 8.03. The van der Waals surface area contributed by atoms with Gasteiger partial charge in [-0.15, -0.1) is 5.10 Å². The first-order chi connectivity index (χ1) is 11.0. The van der Waals surface area contributed by atoms with Crippen molar-refractivity contribution in [3.8, 4) is 11.3 Å². The van der Waals surface area contributed by atoms with E-state index in [1.54, 1.807) is 16.2 Å². The van der Waals surface area contributed by atoms with Gasteiger partial charge in [0.2, 0.25) is 0 Å². The first kappa shape index (κ1) is 14.9. The number of nitro groups is 1. The number of hydrogen-bond donors (Lipinski definition) is 0. The van der Waals surface area contributed by atoms with Gasteiger partial charge in [-0.2, -0.15) is 0 Å². The molecule has 3 aromatic rings. The predicted octanol–water partition coefficient (Wildman–Crippen LogP) is 2.37. The number of benzene rings is 1. The topological polar surface area (TPSA) is 91.7 Å². The average Bonchev–Trinajstić information content (AvgIpc) is 3.13. The highest BCUT2D eigenvalue weighted by molar-refractivity contribution is 5.57. The summed E-state index contributed by atoms with van der Waals surface area (Å²) in [5, 5.41) is 19.2. The second-order valence-corrected chi connectivity index (χ2v) is 5.31. The van der Waals surface area contributed by atoms with Crippen molar-refractivity contribution in [2.24, 2.45) is 0 Å². The van der Waals surface area contributed by atoms with Gasteiger partial charge < -0.3 is 10.1 Å². The number of imidazole rings is 1. The van der Waals surface area contributed by atoms with Crippen molar-refractivity contribution >= 4 is 5.82 Å². The fourth-order valence-corrected chi connectivity index (χ4v) is 2.35. The van der Waals surface area contributed by atoms with E-state index in [1.165, 1.54) is 11.8 Å². The van der Waals surface area contributed by atoms with Gasteiger partial charge in [0.05, 0.1) is 12.7 Å². The number of rotatable bonds is 5. The average molecular weight is 312 g/mol. The Kier molecular flexibility index (Phi) is 3.88. The van der Waals surface area contributed by atoms with E-state index in [0.29, 0.717) is 18.9 Å². The fraction of sp³-hybridized carbons (Fsp3) is 0.267. The van der Waals surface area contributed by atoms with Crippen LogP contribution in [0.3, 0.4) is 0 Å². The second kappa shape index (κ2) is 5.99. The van der Waals surface area contributed by atoms with Crippen LogP contribution in [-0.4, -0.2) is 29.5 Å². The molecule has 0 amide bonds. The molecule has 8 heteroatoms. The van der Waals surface area contributed by atoms with Gasteiger partial charge in [-0.3, -0.25) is 0 Å². The monoisotopic (exact) mass is 312 g/mol. The molecule has 0 fully saturated rings. The molecule has 2 heterocycles. The molecule has 0 aliphatic rings. The molecule has 23 heavy (non-hydrogen) atoms. The second-order valence-electron chi connectivity index (χ2n) is 5.31. The minimum Gasteiger partial charge on any atom is -0.358 e. The maximum absolute atomic E-state index is 11.0. The zero-order chi connectivity index (χ0) is 16.4. The summed E-state index contributed by atoms with van der Waals surface area (Å²) in [6.07, 6.45) is 3.11. The maximum Gasteiger partial charge on any atom is 0.342 e. The van der Waals surface area contributed by atoms with E-state index in [2.05, 4.69) is 15.3 Å². The number of nitrogens with zero attached hydrogens (tertiary/aromatic N) is 6. The van der Waals surface area contributed by atoms with Crippen molar-refractivity contribution in [3.63, 3.8) is 0 Å². The van der Waals surface area contributed by atoms with Gasteiger partial charge in [0.1, 0.15) is 18.4 Å². The number of aryl methyl sites for hydroxylation is 3. The van der Waals surface area contributed by atoms with E-state index in [0.717, 1.165) is 11.3 Å². The number of aromatic nitrogens is 5. The maximum atomic E-state index is 11.0. The lowest BCUT2D eigenvalue weighted by Crippen LogP contribution is -2.11. The molecule has 0 saturated heterocycles. The molecule has 0 bridgehead atoms. The third kappa shape index (κ3) is 3.10. The third-order valence-corrected chi connectivity index (χ3v) is 3.66. The SMILES string of the molecule is Cc1ccc(-c2cn(CCn3c([N+](=O)[O-])cnc3C)nn2)cc1. The summed E-state index contributed by atoms with van der Waals surface area (Å²) >= 11 is 0. The molecule has 0 N–H and O–H groups in total. The third-order valence-electron chi connectivity index (χ3n) is 3.66. The van der Waals surface area contributed by atoms with Crippen molar-refractivity contribution in [3.05, 3.63) is 58.2 Å². The highest BCUT2D eigenvalue weighted by atomic mass is 16.6. The zero-order valence-electron chi connectivity index (χ0n) is 12.9. The lowest BCUT2D eigenvalue weighted by Gasteiger charge is -2.02. The Labute approximate surface area is 132 Å². The molecule has 0 atom stereocenters. The van der Waals surface area contributed by atoms with Gasteiger partial charge in [-0.05, 0) is 11.8 Å². The Balaban J connectivity index is 1.74. The molecule has 0 saturated carbocycles. The first-order valence-corrected chi connectivity index (χ1v) is 7.18. The van der Waals surface area contributed by atoms with Crippen LogP contribution in [0.5, 0.6) is 0 Å². The lowest BCUT2D eigenvalue weighted by molar-refractivity contribution is -0.392. The molecule has 1 aromatic carbocycles. The van der Waals surface area contributed by atoms with E-state index < -0.39 is 4.92 Å². The van der Waals surface area contributed by atoms with E-state index in [1.807, 2.05) is 37.4 Å². The van der Waals surface area contributed by atoms with E-state index >= 15 is 0 Å². The Morgan fingerprint density at radius 3 is 2.61 bits per heavy atom. The Hall–Kier alpha value is -3.03. The predicted molar refractivity (Wildman–Crippen MR) is 83.8 cm³/mol. The molecule has 0 radical (unpaired) electrons. The molecule has 0 spiro atoms. The highest BCUT2D eigenvalue weighted by Crippen LogP contribution is 2.17. The zero-order valence-corrected chi connectivity index (χ0v) is 12.9. The molecule has 118 valence electrons. The molecular formula is C15H16N6O2. The van der Waals surface area contributed by atoms with E-state index in [4.69, 9.17) is 0 Å². The molecule has 0 aliphatic heterocycles. The smallest absolute Gasteiger partial charge is 0.342 e. The van der Waals surface area contributed by atoms with Gasteiger partial charge in [0.15, 0.2) is 5.82 Å². The quantitative estimate of drug-likeness (QED) is 0.532. The standard InChI is InChI=1S/C15H16N6O2/c1-11-3-5-13(6-4-11)14-10-19(18-17-14)7-8-20-12(2)16-9-15(20)21(22)23/h3-6,9-10H,7-8H2,1-2H3. The molecule has 0 aliphatic carbocycles. The van der Waals surface area contributed by atoms with Crippen LogP contribution in [0.25, 0.3) is 11.3 Å². The van der Waals surface area contributed by atoms with Crippen LogP contribution in [0.1, 0.15) is 11.4 Å². The van der Waals surface area contributed by atoms with Gasteiger partial charge in [-0.25, -0.2) is 14.2 Å². The molecule has 0 unspecified atom stereocenters. The van der Waals surface area contributed by atoms with Crippen LogP contribution in [-0.2, 0) is 13.1 Å². The highest BCUT2D eigenvalue weighted by Gasteiger charge is 2.17. The summed E-state index contributed by atoms with van der Waals surface area (Å²) in [5.74, 6) is 0.594. The van der Waals surface area contributed by atoms with Crippen molar-refractivity contribution in [1.29, 1.82) is 0 Å². The van der Waals surface area contributed by atoms with Crippen molar-refractivity contribution in [2.45, 2.75) is 26.9 Å². The summed E-state index contributed by atoms with van der Waals surface area (Å²) in [4.78, 5) is 14.5. The van der Waals surface area contributed by atoms with Crippen molar-refractivity contribution in [1.82, 2.24) is 24.5 Å². The van der Waals surface area contributed by atoms with Crippen LogP contribution in [0.4, 0.5) is 5.82 Å². The van der Waals surface area contributed by atoms with E-state index in [-0.39, 0.29) is 5.82 Å². The largest absolute Gasteiger partial charge is 0.358 e. The summed E-state index contributed by atoms with van der Waals surface area (Å²) < 4.78 is 3.24. The van der Waals surface area contributed by atoms with Crippen LogP contribution in [0, 0.1) is 24.0 Å². The lowest BCUT2D eigenvalue weighted by atomic mass is 10.1. The first-order valence-electron chi connectivity index (χ1n) is 7.18. The minimum atomic E-state index is -0.431. The van der Waals surface area contributed by atoms with Crippen LogP contribution in [0.15, 0.2) is 36.7 Å². The Bertz CT molecular complexity index is 834. The molecule has 2 aromatic heterocycles. The Morgan fingerprint density at radius 2 is 1.91 bits per heavy atom. The summed E-state index contributed by atoms with van der Waals surface area (Å²) in [7, 11) is 0. The summed E-state index contributed by atoms with van der Waals surface area (Å²) in [6.45, 7) is 4.67. The van der Waals surface area contributed by atoms with Gasteiger partial charge in [0, 0.05) is 12.5 Å². The van der Waals surface area contributed by atoms with Gasteiger partial charge >= 0.3 is 5.82 Å². The van der Waals surface area contributed by atoms with Crippen LogP contribution in [0.2, 0.25) is 0 Å². The molecule has 3 rings (SSSR count). The minimum absolute atomic E-state index is 0.0126. The van der Waals surface area contributed by atoms with Gasteiger partial charge in [0.25, 0.3) is 0 Å². The van der Waals surface area contributed by atoms with Gasteiger partial charge in [-0.1, -0.05) is 35.0 Å². The number of hydrogen-bond acceptors (Lipinski definition) is 5. The van der Waals surface area contributed by atoms with E-state index in [9.17, 15) is 10.1 Å². The molecule has 8 nitrogen and oxygen atoms in total.